The highest BCUT2D eigenvalue weighted by Crippen LogP contribution is 2.24. The van der Waals surface area contributed by atoms with Crippen molar-refractivity contribution in [3.05, 3.63) is 107 Å². The molecule has 3 nitrogen and oxygen atoms in total. The number of aliphatic hydroxyl groups excluding tert-OH is 1. The maximum atomic E-state index is 12.9. The van der Waals surface area contributed by atoms with Crippen LogP contribution < -0.4 is 5.32 Å². The van der Waals surface area contributed by atoms with E-state index in [0.29, 0.717) is 0 Å². The number of hydrogen-bond acceptors (Lipinski definition) is 2. The first-order valence-electron chi connectivity index (χ1n) is 8.76. The molecule has 0 radical (unpaired) electrons. The molecular weight excluding hydrogens is 358 g/mol. The third kappa shape index (κ3) is 5.19. The van der Waals surface area contributed by atoms with Crippen LogP contribution in [0.5, 0.6) is 0 Å². The molecule has 0 bridgehead atoms. The van der Waals surface area contributed by atoms with Gasteiger partial charge in [0.05, 0.1) is 18.6 Å². The number of halogens is 1. The fraction of sp³-hybridized carbons (Fsp3) is 0.174. The summed E-state index contributed by atoms with van der Waals surface area (Å²) < 4.78 is 0. The van der Waals surface area contributed by atoms with Crippen LogP contribution in [-0.4, -0.2) is 17.6 Å². The number of nitrogens with one attached hydrogen (secondary N) is 1. The molecule has 0 aliphatic rings. The quantitative estimate of drug-likeness (QED) is 0.665. The molecule has 2 unspecified atom stereocenters. The van der Waals surface area contributed by atoms with Gasteiger partial charge in [-0.3, -0.25) is 4.79 Å². The van der Waals surface area contributed by atoms with Gasteiger partial charge in [-0.1, -0.05) is 90.5 Å². The number of rotatable bonds is 6. The third-order valence-corrected chi connectivity index (χ3v) is 4.53. The summed E-state index contributed by atoms with van der Waals surface area (Å²) in [4.78, 5) is 12.9. The van der Waals surface area contributed by atoms with Crippen molar-refractivity contribution in [1.82, 2.24) is 5.32 Å². The van der Waals surface area contributed by atoms with Crippen molar-refractivity contribution in [3.63, 3.8) is 0 Å². The lowest BCUT2D eigenvalue weighted by atomic mass is 9.95. The molecule has 2 atom stereocenters. The Bertz CT molecular complexity index is 835. The summed E-state index contributed by atoms with van der Waals surface area (Å²) in [6, 6.07) is 27.1. The molecule has 0 saturated heterocycles. The van der Waals surface area contributed by atoms with Gasteiger partial charge in [0.25, 0.3) is 0 Å². The fourth-order valence-electron chi connectivity index (χ4n) is 3.03. The Hall–Kier alpha value is -2.62. The minimum atomic E-state index is -0.590. The molecule has 1 amide bonds. The van der Waals surface area contributed by atoms with E-state index in [0.717, 1.165) is 16.7 Å². The molecule has 0 saturated carbocycles. The van der Waals surface area contributed by atoms with Gasteiger partial charge >= 0.3 is 0 Å². The molecule has 4 heteroatoms. The summed E-state index contributed by atoms with van der Waals surface area (Å²) in [5, 5.41) is 12.9. The standard InChI is InChI=1S/C23H23NO2.ClH/c1-17-12-14-20(15-13-17)22(19-10-6-3-7-11-19)24-23(26)21(16-25)18-8-4-2-5-9-18;/h2-15,21-22,25H,16H2,1H3,(H,24,26);1H. The molecule has 0 spiro atoms. The van der Waals surface area contributed by atoms with Crippen LogP contribution in [-0.2, 0) is 4.79 Å². The average molecular weight is 382 g/mol. The van der Waals surface area contributed by atoms with Crippen molar-refractivity contribution in [2.24, 2.45) is 0 Å². The van der Waals surface area contributed by atoms with Gasteiger partial charge < -0.3 is 10.4 Å². The van der Waals surface area contributed by atoms with Crippen LogP contribution in [0, 0.1) is 6.92 Å². The van der Waals surface area contributed by atoms with Crippen LogP contribution in [0.1, 0.15) is 34.2 Å². The molecule has 0 aliphatic carbocycles. The number of aryl methyl sites for hydroxylation is 1. The molecule has 0 fully saturated rings. The number of carbonyl (C=O) groups excluding carboxylic acids is 1. The zero-order valence-corrected chi connectivity index (χ0v) is 16.0. The molecule has 2 N–H and O–H groups in total. The molecule has 3 aromatic rings. The highest BCUT2D eigenvalue weighted by Gasteiger charge is 2.24. The van der Waals surface area contributed by atoms with E-state index in [4.69, 9.17) is 0 Å². The Kier molecular flexibility index (Phi) is 7.59. The van der Waals surface area contributed by atoms with E-state index in [2.05, 4.69) is 5.32 Å². The van der Waals surface area contributed by atoms with Crippen molar-refractivity contribution < 1.29 is 9.90 Å². The van der Waals surface area contributed by atoms with E-state index >= 15 is 0 Å². The highest BCUT2D eigenvalue weighted by atomic mass is 35.5. The molecule has 0 heterocycles. The number of amides is 1. The zero-order chi connectivity index (χ0) is 18.4. The van der Waals surface area contributed by atoms with E-state index in [1.54, 1.807) is 0 Å². The summed E-state index contributed by atoms with van der Waals surface area (Å²) in [5.74, 6) is -0.777. The van der Waals surface area contributed by atoms with Gasteiger partial charge in [-0.05, 0) is 23.6 Å². The Morgan fingerprint density at radius 2 is 1.30 bits per heavy atom. The van der Waals surface area contributed by atoms with Crippen LogP contribution >= 0.6 is 12.4 Å². The number of carbonyl (C=O) groups is 1. The van der Waals surface area contributed by atoms with Crippen molar-refractivity contribution in [3.8, 4) is 0 Å². The Labute approximate surface area is 166 Å². The normalized spacial score (nSPS) is 12.5. The van der Waals surface area contributed by atoms with Crippen LogP contribution in [0.25, 0.3) is 0 Å². The molecule has 27 heavy (non-hydrogen) atoms. The molecule has 3 rings (SSSR count). The lowest BCUT2D eigenvalue weighted by molar-refractivity contribution is -0.123. The second kappa shape index (κ2) is 9.91. The van der Waals surface area contributed by atoms with Crippen LogP contribution in [0.3, 0.4) is 0 Å². The lowest BCUT2D eigenvalue weighted by Crippen LogP contribution is -2.35. The number of benzene rings is 3. The predicted molar refractivity (Wildman–Crippen MR) is 111 cm³/mol. The fourth-order valence-corrected chi connectivity index (χ4v) is 3.03. The van der Waals surface area contributed by atoms with E-state index in [1.807, 2.05) is 91.9 Å². The Balaban J connectivity index is 0.00000261. The smallest absolute Gasteiger partial charge is 0.230 e. The minimum absolute atomic E-state index is 0. The summed E-state index contributed by atoms with van der Waals surface area (Å²) in [5.41, 5.74) is 4.00. The van der Waals surface area contributed by atoms with Gasteiger partial charge in [0.2, 0.25) is 5.91 Å². The zero-order valence-electron chi connectivity index (χ0n) is 15.2. The van der Waals surface area contributed by atoms with Crippen molar-refractivity contribution in [1.29, 1.82) is 0 Å². The van der Waals surface area contributed by atoms with E-state index in [-0.39, 0.29) is 31.0 Å². The SMILES string of the molecule is Cc1ccc(C(NC(=O)C(CO)c2ccccc2)c2ccccc2)cc1.Cl. The predicted octanol–water partition coefficient (Wildman–Crippen LogP) is 4.40. The van der Waals surface area contributed by atoms with E-state index in [1.165, 1.54) is 5.56 Å². The van der Waals surface area contributed by atoms with E-state index < -0.39 is 5.92 Å². The monoisotopic (exact) mass is 381 g/mol. The Morgan fingerprint density at radius 1 is 0.815 bits per heavy atom. The minimum Gasteiger partial charge on any atom is -0.395 e. The van der Waals surface area contributed by atoms with Crippen molar-refractivity contribution in [2.45, 2.75) is 18.9 Å². The second-order valence-electron chi connectivity index (χ2n) is 6.41. The van der Waals surface area contributed by atoms with Gasteiger partial charge in [0.1, 0.15) is 0 Å². The topological polar surface area (TPSA) is 49.3 Å². The Morgan fingerprint density at radius 3 is 1.81 bits per heavy atom. The molecule has 140 valence electrons. The maximum Gasteiger partial charge on any atom is 0.230 e. The number of hydrogen-bond donors (Lipinski definition) is 2. The molecule has 0 aromatic heterocycles. The maximum absolute atomic E-state index is 12.9. The summed E-state index contributed by atoms with van der Waals surface area (Å²) in [6.45, 7) is 1.81. The summed E-state index contributed by atoms with van der Waals surface area (Å²) >= 11 is 0. The van der Waals surface area contributed by atoms with Gasteiger partial charge in [-0.15, -0.1) is 12.4 Å². The van der Waals surface area contributed by atoms with Crippen LogP contribution in [0.4, 0.5) is 0 Å². The van der Waals surface area contributed by atoms with Gasteiger partial charge in [-0.25, -0.2) is 0 Å². The van der Waals surface area contributed by atoms with Gasteiger partial charge in [0, 0.05) is 0 Å². The summed E-state index contributed by atoms with van der Waals surface area (Å²) in [6.07, 6.45) is 0. The van der Waals surface area contributed by atoms with Crippen molar-refractivity contribution in [2.75, 3.05) is 6.61 Å². The average Bonchev–Trinajstić information content (AvgIpc) is 2.69. The van der Waals surface area contributed by atoms with Crippen molar-refractivity contribution >= 4 is 18.3 Å². The molecule has 3 aromatic carbocycles. The summed E-state index contributed by atoms with van der Waals surface area (Å²) in [7, 11) is 0. The molecule has 0 aliphatic heterocycles. The first-order chi connectivity index (χ1) is 12.7. The van der Waals surface area contributed by atoms with Gasteiger partial charge in [0.15, 0.2) is 0 Å². The van der Waals surface area contributed by atoms with Gasteiger partial charge in [-0.2, -0.15) is 0 Å². The molecular formula is C23H24ClNO2. The number of aliphatic hydroxyl groups is 1. The first-order valence-corrected chi connectivity index (χ1v) is 8.76. The second-order valence-corrected chi connectivity index (χ2v) is 6.41. The van der Waals surface area contributed by atoms with E-state index in [9.17, 15) is 9.90 Å². The van der Waals surface area contributed by atoms with Crippen LogP contribution in [0.2, 0.25) is 0 Å². The lowest BCUT2D eigenvalue weighted by Gasteiger charge is -2.23. The highest BCUT2D eigenvalue weighted by molar-refractivity contribution is 5.85. The third-order valence-electron chi connectivity index (χ3n) is 4.53. The first kappa shape index (κ1) is 20.7. The van der Waals surface area contributed by atoms with Crippen LogP contribution in [0.15, 0.2) is 84.9 Å². The largest absolute Gasteiger partial charge is 0.395 e.